The van der Waals surface area contributed by atoms with Gasteiger partial charge in [0.2, 0.25) is 5.91 Å². The molecule has 0 aliphatic rings. The first-order valence-corrected chi connectivity index (χ1v) is 8.01. The fraction of sp³-hybridized carbons (Fsp3) is 0.714. The van der Waals surface area contributed by atoms with Gasteiger partial charge in [-0.05, 0) is 6.92 Å². The maximum atomic E-state index is 12.6. The maximum Gasteiger partial charge on any atom is 0.328 e. The van der Waals surface area contributed by atoms with Gasteiger partial charge in [-0.2, -0.15) is 0 Å². The van der Waals surface area contributed by atoms with E-state index in [4.69, 9.17) is 21.7 Å². The summed E-state index contributed by atoms with van der Waals surface area (Å²) in [5.41, 5.74) is 10.8. The normalized spacial score (nSPS) is 15.4. The summed E-state index contributed by atoms with van der Waals surface area (Å²) in [5.74, 6) is -3.07. The van der Waals surface area contributed by atoms with E-state index in [0.717, 1.165) is 5.01 Å². The number of carbonyl (C=O) groups is 4. The molecule has 13 nitrogen and oxygen atoms in total. The number of nitrogens with one attached hydrogen (secondary N) is 2. The molecule has 156 valence electrons. The van der Waals surface area contributed by atoms with E-state index in [2.05, 4.69) is 5.32 Å². The molecule has 27 heavy (non-hydrogen) atoms. The average molecular weight is 392 g/mol. The number of aliphatic hydroxyl groups is 2. The molecule has 0 aliphatic heterocycles. The van der Waals surface area contributed by atoms with E-state index < -0.39 is 61.1 Å². The number of urea groups is 1. The Balaban J connectivity index is 5.10. The first-order chi connectivity index (χ1) is 12.4. The zero-order valence-electron chi connectivity index (χ0n) is 15.5. The van der Waals surface area contributed by atoms with Gasteiger partial charge in [0.1, 0.15) is 6.04 Å². The van der Waals surface area contributed by atoms with Crippen molar-refractivity contribution < 1.29 is 34.5 Å². The molecule has 0 aromatic carbocycles. The number of hydrogen-bond acceptors (Lipinski definition) is 8. The highest BCUT2D eigenvalue weighted by Gasteiger charge is 2.29. The van der Waals surface area contributed by atoms with Crippen molar-refractivity contribution in [2.45, 2.75) is 37.6 Å². The number of carboxylic acids is 1. The number of carbonyl (C=O) groups excluding carboxylic acids is 3. The van der Waals surface area contributed by atoms with Gasteiger partial charge in [-0.1, -0.05) is 0 Å². The summed E-state index contributed by atoms with van der Waals surface area (Å²) >= 11 is 0. The van der Waals surface area contributed by atoms with Crippen LogP contribution in [0.5, 0.6) is 0 Å². The predicted octanol–water partition coefficient (Wildman–Crippen LogP) is -4.01. The smallest absolute Gasteiger partial charge is 0.328 e. The van der Waals surface area contributed by atoms with Crippen molar-refractivity contribution >= 4 is 23.8 Å². The van der Waals surface area contributed by atoms with Gasteiger partial charge >= 0.3 is 12.0 Å². The highest BCUT2D eigenvalue weighted by Crippen LogP contribution is 2.03. The number of carboxylic acid groups (broad SMARTS) is 1. The highest BCUT2D eigenvalue weighted by atomic mass is 16.4. The molecule has 9 N–H and O–H groups in total. The van der Waals surface area contributed by atoms with Gasteiger partial charge in [0.25, 0.3) is 5.91 Å². The minimum Gasteiger partial charge on any atom is -0.480 e. The van der Waals surface area contributed by atoms with Crippen LogP contribution in [-0.2, 0) is 14.4 Å². The van der Waals surface area contributed by atoms with Crippen molar-refractivity contribution in [1.29, 1.82) is 0 Å². The quantitative estimate of drug-likeness (QED) is 0.170. The fourth-order valence-corrected chi connectivity index (χ4v) is 1.92. The molecule has 0 saturated carbocycles. The number of nitrogens with zero attached hydrogens (tertiary/aromatic N) is 2. The third kappa shape index (κ3) is 8.63. The van der Waals surface area contributed by atoms with Crippen molar-refractivity contribution in [1.82, 2.24) is 20.7 Å². The Morgan fingerprint density at radius 2 is 1.63 bits per heavy atom. The number of nitrogens with two attached hydrogens (primary N) is 2. The van der Waals surface area contributed by atoms with Crippen LogP contribution in [0.4, 0.5) is 4.79 Å². The second-order valence-electron chi connectivity index (χ2n) is 6.02. The van der Waals surface area contributed by atoms with Gasteiger partial charge < -0.3 is 37.4 Å². The SMILES string of the molecule is CC(O)[C@H](N)CN(C)N(C)C(=O)[C@H](CC(N)=O)NC(=O)N[C@@H](CO)C(=O)O. The molecular weight excluding hydrogens is 364 g/mol. The zero-order chi connectivity index (χ0) is 21.3. The van der Waals surface area contributed by atoms with Crippen molar-refractivity contribution in [3.05, 3.63) is 0 Å². The van der Waals surface area contributed by atoms with E-state index in [1.54, 1.807) is 0 Å². The molecular formula is C14H28N6O7. The van der Waals surface area contributed by atoms with Gasteiger partial charge in [0.05, 0.1) is 19.1 Å². The van der Waals surface area contributed by atoms with Crippen molar-refractivity contribution in [2.75, 3.05) is 27.2 Å². The zero-order valence-corrected chi connectivity index (χ0v) is 15.5. The van der Waals surface area contributed by atoms with Crippen LogP contribution in [0, 0.1) is 0 Å². The molecule has 0 heterocycles. The molecule has 0 fully saturated rings. The third-order valence-corrected chi connectivity index (χ3v) is 3.72. The van der Waals surface area contributed by atoms with Crippen molar-refractivity contribution in [2.24, 2.45) is 11.5 Å². The summed E-state index contributed by atoms with van der Waals surface area (Å²) in [6, 6.07) is -4.70. The van der Waals surface area contributed by atoms with Gasteiger partial charge in [0.15, 0.2) is 6.04 Å². The molecule has 4 amide bonds. The lowest BCUT2D eigenvalue weighted by atomic mass is 10.1. The molecule has 0 radical (unpaired) electrons. The fourth-order valence-electron chi connectivity index (χ4n) is 1.92. The van der Waals surface area contributed by atoms with Crippen LogP contribution in [0.3, 0.4) is 0 Å². The second-order valence-corrected chi connectivity index (χ2v) is 6.02. The Morgan fingerprint density at radius 3 is 2.04 bits per heavy atom. The molecule has 4 atom stereocenters. The van der Waals surface area contributed by atoms with Crippen LogP contribution in [0.2, 0.25) is 0 Å². The van der Waals surface area contributed by atoms with E-state index in [1.165, 1.54) is 26.0 Å². The summed E-state index contributed by atoms with van der Waals surface area (Å²) < 4.78 is 0. The van der Waals surface area contributed by atoms with E-state index in [1.807, 2.05) is 5.32 Å². The highest BCUT2D eigenvalue weighted by molar-refractivity contribution is 5.92. The summed E-state index contributed by atoms with van der Waals surface area (Å²) in [5, 5.41) is 33.7. The van der Waals surface area contributed by atoms with E-state index in [-0.39, 0.29) is 6.54 Å². The molecule has 0 spiro atoms. The molecule has 0 bridgehead atoms. The Bertz CT molecular complexity index is 544. The van der Waals surface area contributed by atoms with Crippen LogP contribution in [0.25, 0.3) is 0 Å². The van der Waals surface area contributed by atoms with E-state index >= 15 is 0 Å². The Kier molecular flexibility index (Phi) is 10.2. The predicted molar refractivity (Wildman–Crippen MR) is 92.8 cm³/mol. The molecule has 0 saturated heterocycles. The summed E-state index contributed by atoms with van der Waals surface area (Å²) in [6.07, 6.45) is -1.36. The number of hydrazine groups is 1. The molecule has 0 aromatic heterocycles. The number of primary amides is 1. The topological polar surface area (TPSA) is 212 Å². The lowest BCUT2D eigenvalue weighted by molar-refractivity contribution is -0.147. The van der Waals surface area contributed by atoms with Crippen LogP contribution < -0.4 is 22.1 Å². The van der Waals surface area contributed by atoms with Gasteiger partial charge in [0, 0.05) is 26.7 Å². The van der Waals surface area contributed by atoms with E-state index in [0.29, 0.717) is 0 Å². The largest absolute Gasteiger partial charge is 0.480 e. The number of rotatable bonds is 11. The summed E-state index contributed by atoms with van der Waals surface area (Å²) in [6.45, 7) is 0.722. The van der Waals surface area contributed by atoms with E-state index in [9.17, 15) is 24.3 Å². The first kappa shape index (κ1) is 24.5. The Labute approximate surface area is 156 Å². The van der Waals surface area contributed by atoms with Crippen molar-refractivity contribution in [3.8, 4) is 0 Å². The number of likely N-dealkylation sites (N-methyl/N-ethyl adjacent to an activating group) is 2. The third-order valence-electron chi connectivity index (χ3n) is 3.72. The van der Waals surface area contributed by atoms with Gasteiger partial charge in [-0.15, -0.1) is 0 Å². The Hall–Kier alpha value is -2.48. The summed E-state index contributed by atoms with van der Waals surface area (Å²) in [7, 11) is 2.87. The number of aliphatic carboxylic acids is 1. The molecule has 1 unspecified atom stereocenters. The van der Waals surface area contributed by atoms with Crippen molar-refractivity contribution in [3.63, 3.8) is 0 Å². The monoisotopic (exact) mass is 392 g/mol. The van der Waals surface area contributed by atoms with Crippen LogP contribution >= 0.6 is 0 Å². The molecule has 0 rings (SSSR count). The number of hydrogen-bond donors (Lipinski definition) is 7. The average Bonchev–Trinajstić information content (AvgIpc) is 2.56. The van der Waals surface area contributed by atoms with Gasteiger partial charge in [-0.3, -0.25) is 14.6 Å². The van der Waals surface area contributed by atoms with Crippen LogP contribution in [0.1, 0.15) is 13.3 Å². The molecule has 0 aromatic rings. The first-order valence-electron chi connectivity index (χ1n) is 8.01. The van der Waals surface area contributed by atoms with Crippen LogP contribution in [0.15, 0.2) is 0 Å². The maximum absolute atomic E-state index is 12.6. The van der Waals surface area contributed by atoms with Gasteiger partial charge in [-0.25, -0.2) is 14.6 Å². The lowest BCUT2D eigenvalue weighted by Gasteiger charge is -2.33. The lowest BCUT2D eigenvalue weighted by Crippen LogP contribution is -2.58. The second kappa shape index (κ2) is 11.3. The molecule has 13 heteroatoms. The minimum absolute atomic E-state index is 0.0982. The number of aliphatic hydroxyl groups excluding tert-OH is 2. The summed E-state index contributed by atoms with van der Waals surface area (Å²) in [4.78, 5) is 46.5. The Morgan fingerprint density at radius 1 is 1.11 bits per heavy atom. The number of amides is 4. The molecule has 0 aliphatic carbocycles. The minimum atomic E-state index is -1.58. The van der Waals surface area contributed by atoms with Crippen LogP contribution in [-0.4, -0.2) is 101 Å². The standard InChI is InChI=1S/C14H28N6O7/c1-7(22)8(15)5-19(2)20(3)12(24)9(4-11(16)23)17-14(27)18-10(6-21)13(25)26/h7-10,21-22H,4-6,15H2,1-3H3,(H2,16,23)(H,25,26)(H2,17,18,27)/t7?,8-,9+,10+/m1/s1.